The van der Waals surface area contributed by atoms with E-state index in [1.807, 2.05) is 35.8 Å². The molecule has 140 valence electrons. The van der Waals surface area contributed by atoms with E-state index in [1.165, 1.54) is 0 Å². The van der Waals surface area contributed by atoms with Crippen molar-refractivity contribution in [2.45, 2.75) is 37.8 Å². The summed E-state index contributed by atoms with van der Waals surface area (Å²) in [6.45, 7) is 4.21. The first-order chi connectivity index (χ1) is 12.7. The van der Waals surface area contributed by atoms with Crippen LogP contribution in [0.4, 0.5) is 5.95 Å². The normalized spacial score (nSPS) is 14.0. The summed E-state index contributed by atoms with van der Waals surface area (Å²) in [6, 6.07) is 7.73. The Hall–Kier alpha value is -1.73. The van der Waals surface area contributed by atoms with E-state index in [1.54, 1.807) is 11.8 Å². The summed E-state index contributed by atoms with van der Waals surface area (Å²) in [5, 5.41) is 10.3. The molecule has 1 saturated heterocycles. The van der Waals surface area contributed by atoms with Crippen LogP contribution in [0.25, 0.3) is 5.69 Å². The molecule has 3 rings (SSSR count). The molecule has 26 heavy (non-hydrogen) atoms. The number of carbonyl (C=O) groups is 1. The summed E-state index contributed by atoms with van der Waals surface area (Å²) in [5.74, 6) is 1.45. The zero-order valence-corrected chi connectivity index (χ0v) is 16.4. The van der Waals surface area contributed by atoms with Gasteiger partial charge in [-0.3, -0.25) is 9.36 Å². The lowest BCUT2D eigenvalue weighted by atomic mass is 10.3. The van der Waals surface area contributed by atoms with Crippen LogP contribution in [-0.4, -0.2) is 46.2 Å². The van der Waals surface area contributed by atoms with Crippen LogP contribution < -0.4 is 4.90 Å². The van der Waals surface area contributed by atoms with Crippen molar-refractivity contribution < 1.29 is 9.53 Å². The van der Waals surface area contributed by atoms with Gasteiger partial charge in [-0.15, -0.1) is 10.2 Å². The highest BCUT2D eigenvalue weighted by atomic mass is 35.5. The predicted octanol–water partition coefficient (Wildman–Crippen LogP) is 3.96. The number of para-hydroxylation sites is 1. The average molecular weight is 395 g/mol. The van der Waals surface area contributed by atoms with Crippen molar-refractivity contribution in [1.82, 2.24) is 14.8 Å². The second-order valence-corrected chi connectivity index (χ2v) is 7.49. The zero-order chi connectivity index (χ0) is 18.4. The molecule has 8 heteroatoms. The number of thioether (sulfide) groups is 1. The molecule has 0 N–H and O–H groups in total. The Morgan fingerprint density at radius 3 is 2.77 bits per heavy atom. The molecule has 0 saturated carbocycles. The molecule has 1 aliphatic rings. The van der Waals surface area contributed by atoms with Crippen LogP contribution in [0.3, 0.4) is 0 Å². The molecule has 0 amide bonds. The smallest absolute Gasteiger partial charge is 0.305 e. The van der Waals surface area contributed by atoms with Crippen LogP contribution in [0, 0.1) is 0 Å². The fraction of sp³-hybridized carbons (Fsp3) is 0.500. The lowest BCUT2D eigenvalue weighted by Crippen LogP contribution is -2.22. The van der Waals surface area contributed by atoms with Crippen molar-refractivity contribution in [3.63, 3.8) is 0 Å². The molecule has 0 bridgehead atoms. The summed E-state index contributed by atoms with van der Waals surface area (Å²) in [7, 11) is 0. The monoisotopic (exact) mass is 394 g/mol. The van der Waals surface area contributed by atoms with Gasteiger partial charge in [0.2, 0.25) is 5.95 Å². The molecule has 0 aliphatic carbocycles. The molecule has 0 atom stereocenters. The van der Waals surface area contributed by atoms with Gasteiger partial charge in [-0.05, 0) is 38.3 Å². The van der Waals surface area contributed by atoms with Crippen LogP contribution in [0.15, 0.2) is 29.4 Å². The van der Waals surface area contributed by atoms with Gasteiger partial charge in [-0.1, -0.05) is 35.5 Å². The van der Waals surface area contributed by atoms with E-state index >= 15 is 0 Å². The van der Waals surface area contributed by atoms with E-state index in [0.717, 1.165) is 54.9 Å². The minimum Gasteiger partial charge on any atom is -0.466 e. The third kappa shape index (κ3) is 4.51. The van der Waals surface area contributed by atoms with E-state index in [2.05, 4.69) is 15.1 Å². The van der Waals surface area contributed by atoms with E-state index in [4.69, 9.17) is 16.3 Å². The van der Waals surface area contributed by atoms with E-state index in [-0.39, 0.29) is 5.97 Å². The number of rotatable bonds is 8. The molecule has 1 fully saturated rings. The Morgan fingerprint density at radius 1 is 1.27 bits per heavy atom. The third-order valence-corrected chi connectivity index (χ3v) is 5.50. The predicted molar refractivity (Wildman–Crippen MR) is 104 cm³/mol. The molecule has 1 aromatic heterocycles. The van der Waals surface area contributed by atoms with Crippen LogP contribution in [-0.2, 0) is 9.53 Å². The van der Waals surface area contributed by atoms with Gasteiger partial charge < -0.3 is 9.64 Å². The number of carbonyl (C=O) groups excluding carboxylic acids is 1. The first-order valence-corrected chi connectivity index (χ1v) is 10.3. The number of anilines is 1. The van der Waals surface area contributed by atoms with Gasteiger partial charge in [0.25, 0.3) is 0 Å². The highest BCUT2D eigenvalue weighted by molar-refractivity contribution is 7.99. The first kappa shape index (κ1) is 19.0. The Kier molecular flexibility index (Phi) is 6.80. The molecular weight excluding hydrogens is 372 g/mol. The van der Waals surface area contributed by atoms with Crippen LogP contribution in [0.5, 0.6) is 0 Å². The summed E-state index contributed by atoms with van der Waals surface area (Å²) < 4.78 is 7.00. The van der Waals surface area contributed by atoms with Crippen LogP contribution in [0.2, 0.25) is 5.02 Å². The standard InChI is InChI=1S/C18H23ClN4O2S/c1-2-25-16(24)10-7-13-26-18-21-20-17(22-11-5-6-12-22)23(18)15-9-4-3-8-14(15)19/h3-4,8-9H,2,5-7,10-13H2,1H3. The number of nitrogens with zero attached hydrogens (tertiary/aromatic N) is 4. The number of hydrogen-bond donors (Lipinski definition) is 0. The number of benzene rings is 1. The van der Waals surface area contributed by atoms with Crippen molar-refractivity contribution in [3.05, 3.63) is 29.3 Å². The Bertz CT molecular complexity index is 747. The van der Waals surface area contributed by atoms with Gasteiger partial charge in [0.1, 0.15) is 0 Å². The molecule has 2 heterocycles. The van der Waals surface area contributed by atoms with E-state index in [0.29, 0.717) is 18.1 Å². The lowest BCUT2D eigenvalue weighted by molar-refractivity contribution is -0.143. The molecule has 6 nitrogen and oxygen atoms in total. The molecule has 0 unspecified atom stereocenters. The third-order valence-electron chi connectivity index (χ3n) is 4.16. The molecule has 0 radical (unpaired) electrons. The highest BCUT2D eigenvalue weighted by Crippen LogP contribution is 2.32. The van der Waals surface area contributed by atoms with Gasteiger partial charge in [-0.2, -0.15) is 0 Å². The van der Waals surface area contributed by atoms with Gasteiger partial charge in [0, 0.05) is 25.3 Å². The second-order valence-electron chi connectivity index (χ2n) is 6.02. The van der Waals surface area contributed by atoms with E-state index in [9.17, 15) is 4.79 Å². The Morgan fingerprint density at radius 2 is 2.04 bits per heavy atom. The van der Waals surface area contributed by atoms with Gasteiger partial charge >= 0.3 is 5.97 Å². The molecule has 0 spiro atoms. The van der Waals surface area contributed by atoms with Crippen molar-refractivity contribution >= 4 is 35.3 Å². The largest absolute Gasteiger partial charge is 0.466 e. The summed E-state index contributed by atoms with van der Waals surface area (Å²) in [6.07, 6.45) is 3.48. The lowest BCUT2D eigenvalue weighted by Gasteiger charge is -2.19. The molecular formula is C18H23ClN4O2S. The van der Waals surface area contributed by atoms with Gasteiger partial charge in [0.15, 0.2) is 5.16 Å². The maximum absolute atomic E-state index is 11.5. The van der Waals surface area contributed by atoms with Crippen molar-refractivity contribution in [2.24, 2.45) is 0 Å². The summed E-state index contributed by atoms with van der Waals surface area (Å²) in [4.78, 5) is 13.7. The second kappa shape index (κ2) is 9.28. The fourth-order valence-corrected chi connectivity index (χ4v) is 4.03. The Balaban J connectivity index is 1.77. The van der Waals surface area contributed by atoms with Crippen LogP contribution in [0.1, 0.15) is 32.6 Å². The maximum Gasteiger partial charge on any atom is 0.305 e. The van der Waals surface area contributed by atoms with Gasteiger partial charge in [-0.25, -0.2) is 0 Å². The number of ether oxygens (including phenoxy) is 1. The SMILES string of the molecule is CCOC(=O)CCCSc1nnc(N2CCCC2)n1-c1ccccc1Cl. The number of halogens is 1. The average Bonchev–Trinajstić information content (AvgIpc) is 3.29. The zero-order valence-electron chi connectivity index (χ0n) is 14.9. The van der Waals surface area contributed by atoms with E-state index < -0.39 is 0 Å². The molecule has 2 aromatic rings. The van der Waals surface area contributed by atoms with Crippen molar-refractivity contribution in [3.8, 4) is 5.69 Å². The quantitative estimate of drug-likeness (QED) is 0.383. The highest BCUT2D eigenvalue weighted by Gasteiger charge is 2.23. The van der Waals surface area contributed by atoms with Gasteiger partial charge in [0.05, 0.1) is 17.3 Å². The Labute approximate surface area is 162 Å². The summed E-state index contributed by atoms with van der Waals surface area (Å²) in [5.41, 5.74) is 0.883. The maximum atomic E-state index is 11.5. The van der Waals surface area contributed by atoms with Crippen molar-refractivity contribution in [1.29, 1.82) is 0 Å². The first-order valence-electron chi connectivity index (χ1n) is 8.94. The minimum absolute atomic E-state index is 0.154. The van der Waals surface area contributed by atoms with Crippen LogP contribution >= 0.6 is 23.4 Å². The minimum atomic E-state index is -0.154. The number of aromatic nitrogens is 3. The molecule has 1 aromatic carbocycles. The van der Waals surface area contributed by atoms with Crippen molar-refractivity contribution in [2.75, 3.05) is 30.3 Å². The fourth-order valence-electron chi connectivity index (χ4n) is 2.93. The summed E-state index contributed by atoms with van der Waals surface area (Å²) >= 11 is 8.03. The topological polar surface area (TPSA) is 60.2 Å². The number of hydrogen-bond acceptors (Lipinski definition) is 6. The number of esters is 1. The molecule has 1 aliphatic heterocycles.